The van der Waals surface area contributed by atoms with Gasteiger partial charge in [-0.3, -0.25) is 10.1 Å². The Kier molecular flexibility index (Phi) is 3.94. The lowest BCUT2D eigenvalue weighted by molar-refractivity contribution is -0.384. The number of hydrogen-bond acceptors (Lipinski definition) is 5. The number of nitro groups is 1. The van der Waals surface area contributed by atoms with E-state index in [-0.39, 0.29) is 10.7 Å². The first-order valence-electron chi connectivity index (χ1n) is 6.74. The molecule has 0 aliphatic heterocycles. The number of imidazole rings is 1. The van der Waals surface area contributed by atoms with Gasteiger partial charge in [0, 0.05) is 11.6 Å². The van der Waals surface area contributed by atoms with Crippen LogP contribution >= 0.6 is 11.6 Å². The Labute approximate surface area is 136 Å². The molecule has 1 aromatic heterocycles. The smallest absolute Gasteiger partial charge is 0.288 e. The molecule has 0 saturated heterocycles. The first-order valence-corrected chi connectivity index (χ1v) is 7.12. The largest absolute Gasteiger partial charge is 0.323 e. The van der Waals surface area contributed by atoms with E-state index in [9.17, 15) is 10.1 Å². The average molecular weight is 330 g/mol. The van der Waals surface area contributed by atoms with Crippen LogP contribution in [0.3, 0.4) is 0 Å². The molecule has 116 valence electrons. The van der Waals surface area contributed by atoms with Crippen LogP contribution in [0.25, 0.3) is 11.0 Å². The van der Waals surface area contributed by atoms with Gasteiger partial charge < -0.3 is 4.98 Å². The van der Waals surface area contributed by atoms with Crippen LogP contribution < -0.4 is 5.43 Å². The highest BCUT2D eigenvalue weighted by Crippen LogP contribution is 2.25. The standard InChI is InChI=1S/C15H12ClN5O2/c1-9(10-6-7-11(16)14(8-10)21(22)23)19-20-15-17-12-4-2-3-5-13(12)18-15/h2-8H,1H3,(H2,17,18,20)/b19-9-. The highest BCUT2D eigenvalue weighted by Gasteiger charge is 2.13. The molecule has 0 aliphatic rings. The lowest BCUT2D eigenvalue weighted by Gasteiger charge is -2.02. The van der Waals surface area contributed by atoms with Crippen molar-refractivity contribution < 1.29 is 4.92 Å². The third kappa shape index (κ3) is 3.14. The van der Waals surface area contributed by atoms with Crippen LogP contribution in [-0.4, -0.2) is 20.6 Å². The Hall–Kier alpha value is -2.93. The van der Waals surface area contributed by atoms with E-state index in [2.05, 4.69) is 20.5 Å². The molecule has 3 aromatic rings. The first kappa shape index (κ1) is 15.0. The normalized spacial score (nSPS) is 11.7. The van der Waals surface area contributed by atoms with Crippen molar-refractivity contribution >= 4 is 40.0 Å². The lowest BCUT2D eigenvalue weighted by Crippen LogP contribution is -2.01. The predicted molar refractivity (Wildman–Crippen MR) is 90.0 cm³/mol. The number of hydrazone groups is 1. The number of anilines is 1. The Morgan fingerprint density at radius 1 is 1.35 bits per heavy atom. The molecule has 0 unspecified atom stereocenters. The molecule has 0 aliphatic carbocycles. The molecule has 0 fully saturated rings. The SMILES string of the molecule is C/C(=N/Nc1nc2ccccc2[nH]1)c1ccc(Cl)c([N+](=O)[O-])c1. The van der Waals surface area contributed by atoms with Crippen molar-refractivity contribution in [2.75, 3.05) is 5.43 Å². The van der Waals surface area contributed by atoms with E-state index in [0.717, 1.165) is 11.0 Å². The second kappa shape index (κ2) is 6.05. The summed E-state index contributed by atoms with van der Waals surface area (Å²) in [6, 6.07) is 12.1. The topological polar surface area (TPSA) is 96.2 Å². The molecule has 0 spiro atoms. The fourth-order valence-electron chi connectivity index (χ4n) is 2.08. The van der Waals surface area contributed by atoms with Crippen LogP contribution in [0.2, 0.25) is 5.02 Å². The molecule has 8 heteroatoms. The molecule has 0 atom stereocenters. The Morgan fingerprint density at radius 2 is 2.13 bits per heavy atom. The van der Waals surface area contributed by atoms with Gasteiger partial charge in [0.05, 0.1) is 21.7 Å². The van der Waals surface area contributed by atoms with Crippen molar-refractivity contribution in [3.05, 3.63) is 63.2 Å². The minimum atomic E-state index is -0.522. The van der Waals surface area contributed by atoms with E-state index < -0.39 is 4.92 Å². The van der Waals surface area contributed by atoms with Gasteiger partial charge in [-0.15, -0.1) is 0 Å². The van der Waals surface area contributed by atoms with Crippen molar-refractivity contribution in [2.45, 2.75) is 6.92 Å². The maximum atomic E-state index is 10.9. The van der Waals surface area contributed by atoms with Crippen molar-refractivity contribution in [3.8, 4) is 0 Å². The zero-order valence-electron chi connectivity index (χ0n) is 12.1. The molecule has 0 saturated carbocycles. The third-order valence-electron chi connectivity index (χ3n) is 3.28. The number of nitrogens with one attached hydrogen (secondary N) is 2. The molecule has 3 rings (SSSR count). The molecule has 0 radical (unpaired) electrons. The number of para-hydroxylation sites is 2. The summed E-state index contributed by atoms with van der Waals surface area (Å²) in [7, 11) is 0. The highest BCUT2D eigenvalue weighted by molar-refractivity contribution is 6.32. The van der Waals surface area contributed by atoms with Gasteiger partial charge in [0.15, 0.2) is 0 Å². The second-order valence-corrected chi connectivity index (χ2v) is 5.24. The molecular formula is C15H12ClN5O2. The second-order valence-electron chi connectivity index (χ2n) is 4.83. The number of aromatic amines is 1. The number of aromatic nitrogens is 2. The highest BCUT2D eigenvalue weighted by atomic mass is 35.5. The van der Waals surface area contributed by atoms with Crippen LogP contribution in [-0.2, 0) is 0 Å². The monoisotopic (exact) mass is 329 g/mol. The van der Waals surface area contributed by atoms with E-state index in [1.54, 1.807) is 13.0 Å². The first-order chi connectivity index (χ1) is 11.0. The number of fused-ring (bicyclic) bond motifs is 1. The van der Waals surface area contributed by atoms with Crippen LogP contribution in [0.1, 0.15) is 12.5 Å². The summed E-state index contributed by atoms with van der Waals surface area (Å²) in [4.78, 5) is 17.8. The molecule has 1 heterocycles. The summed E-state index contributed by atoms with van der Waals surface area (Å²) in [5, 5.41) is 15.2. The zero-order chi connectivity index (χ0) is 16.4. The number of hydrogen-bond donors (Lipinski definition) is 2. The summed E-state index contributed by atoms with van der Waals surface area (Å²) in [5.74, 6) is 0.494. The molecule has 2 N–H and O–H groups in total. The number of nitro benzene ring substituents is 1. The van der Waals surface area contributed by atoms with Gasteiger partial charge in [-0.2, -0.15) is 5.10 Å². The summed E-state index contributed by atoms with van der Waals surface area (Å²) >= 11 is 5.80. The van der Waals surface area contributed by atoms with Crippen LogP contribution in [0.15, 0.2) is 47.6 Å². The Balaban J connectivity index is 1.84. The minimum absolute atomic E-state index is 0.0943. The molecular weight excluding hydrogens is 318 g/mol. The van der Waals surface area contributed by atoms with Gasteiger partial charge in [-0.1, -0.05) is 29.8 Å². The van der Waals surface area contributed by atoms with Gasteiger partial charge in [0.2, 0.25) is 5.95 Å². The van der Waals surface area contributed by atoms with E-state index in [1.165, 1.54) is 12.1 Å². The van der Waals surface area contributed by atoms with Gasteiger partial charge in [0.1, 0.15) is 5.02 Å². The van der Waals surface area contributed by atoms with Crippen molar-refractivity contribution in [1.82, 2.24) is 9.97 Å². The molecule has 7 nitrogen and oxygen atoms in total. The number of halogens is 1. The van der Waals surface area contributed by atoms with E-state index in [4.69, 9.17) is 11.6 Å². The van der Waals surface area contributed by atoms with Gasteiger partial charge in [0.25, 0.3) is 5.69 Å². The van der Waals surface area contributed by atoms with Gasteiger partial charge in [-0.25, -0.2) is 10.4 Å². The van der Waals surface area contributed by atoms with Crippen molar-refractivity contribution in [2.24, 2.45) is 5.10 Å². The van der Waals surface area contributed by atoms with Crippen molar-refractivity contribution in [1.29, 1.82) is 0 Å². The average Bonchev–Trinajstić information content (AvgIpc) is 2.95. The van der Waals surface area contributed by atoms with E-state index >= 15 is 0 Å². The number of benzene rings is 2. The molecule has 2 aromatic carbocycles. The quantitative estimate of drug-likeness (QED) is 0.430. The fraction of sp³-hybridized carbons (Fsp3) is 0.0667. The predicted octanol–water partition coefficient (Wildman–Crippen LogP) is 3.96. The number of H-pyrrole nitrogens is 1. The Bertz CT molecular complexity index is 886. The molecule has 0 bridgehead atoms. The summed E-state index contributed by atoms with van der Waals surface area (Å²) in [6.45, 7) is 1.74. The molecule has 23 heavy (non-hydrogen) atoms. The lowest BCUT2D eigenvalue weighted by atomic mass is 10.1. The maximum absolute atomic E-state index is 10.9. The van der Waals surface area contributed by atoms with Gasteiger partial charge >= 0.3 is 0 Å². The van der Waals surface area contributed by atoms with Gasteiger partial charge in [-0.05, 0) is 25.1 Å². The maximum Gasteiger partial charge on any atom is 0.288 e. The number of rotatable bonds is 4. The zero-order valence-corrected chi connectivity index (χ0v) is 12.8. The summed E-state index contributed by atoms with van der Waals surface area (Å²) in [6.07, 6.45) is 0. The fourth-order valence-corrected chi connectivity index (χ4v) is 2.27. The van der Waals surface area contributed by atoms with Crippen molar-refractivity contribution in [3.63, 3.8) is 0 Å². The van der Waals surface area contributed by atoms with Crippen LogP contribution in [0.5, 0.6) is 0 Å². The third-order valence-corrected chi connectivity index (χ3v) is 3.60. The van der Waals surface area contributed by atoms with Crippen LogP contribution in [0.4, 0.5) is 11.6 Å². The number of nitrogens with zero attached hydrogens (tertiary/aromatic N) is 3. The summed E-state index contributed by atoms with van der Waals surface area (Å²) in [5.41, 5.74) is 5.56. The minimum Gasteiger partial charge on any atom is -0.323 e. The summed E-state index contributed by atoms with van der Waals surface area (Å²) < 4.78 is 0. The van der Waals surface area contributed by atoms with E-state index in [1.807, 2.05) is 24.3 Å². The van der Waals surface area contributed by atoms with E-state index in [0.29, 0.717) is 17.2 Å². The van der Waals surface area contributed by atoms with Crippen LogP contribution in [0, 0.1) is 10.1 Å². The molecule has 0 amide bonds. The Morgan fingerprint density at radius 3 is 2.87 bits per heavy atom.